The zero-order valence-electron chi connectivity index (χ0n) is 11.2. The lowest BCUT2D eigenvalue weighted by Crippen LogP contribution is -2.22. The van der Waals surface area contributed by atoms with Crippen molar-refractivity contribution in [1.29, 1.82) is 0 Å². The van der Waals surface area contributed by atoms with Crippen molar-refractivity contribution in [3.8, 4) is 0 Å². The fraction of sp³-hybridized carbons (Fsp3) is 0.267. The Morgan fingerprint density at radius 2 is 2.11 bits per heavy atom. The van der Waals surface area contributed by atoms with Gasteiger partial charge < -0.3 is 10.2 Å². The average Bonchev–Trinajstić information content (AvgIpc) is 2.45. The Labute approximate surface area is 113 Å². The van der Waals surface area contributed by atoms with Crippen LogP contribution in [0.2, 0.25) is 0 Å². The van der Waals surface area contributed by atoms with E-state index in [1.165, 1.54) is 6.07 Å². The molecule has 19 heavy (non-hydrogen) atoms. The van der Waals surface area contributed by atoms with Crippen LogP contribution in [0, 0.1) is 5.82 Å². The highest BCUT2D eigenvalue weighted by molar-refractivity contribution is 5.50. The number of pyridine rings is 1. The normalized spacial score (nSPS) is 10.3. The zero-order valence-corrected chi connectivity index (χ0v) is 11.2. The van der Waals surface area contributed by atoms with Gasteiger partial charge in [-0.3, -0.25) is 0 Å². The summed E-state index contributed by atoms with van der Waals surface area (Å²) < 4.78 is 13.3. The first-order valence-corrected chi connectivity index (χ1v) is 6.36. The number of benzene rings is 1. The predicted molar refractivity (Wildman–Crippen MR) is 76.9 cm³/mol. The maximum Gasteiger partial charge on any atom is 0.130 e. The number of nitrogens with zero attached hydrogens (tertiary/aromatic N) is 2. The van der Waals surface area contributed by atoms with Crippen LogP contribution in [0.5, 0.6) is 0 Å². The molecular weight excluding hydrogens is 241 g/mol. The molecule has 0 saturated heterocycles. The second-order valence-electron chi connectivity index (χ2n) is 4.26. The maximum absolute atomic E-state index is 13.3. The molecule has 0 aliphatic carbocycles. The first-order valence-electron chi connectivity index (χ1n) is 6.36. The van der Waals surface area contributed by atoms with E-state index in [0.29, 0.717) is 6.54 Å². The van der Waals surface area contributed by atoms with E-state index in [1.807, 2.05) is 25.2 Å². The molecule has 0 spiro atoms. The van der Waals surface area contributed by atoms with Crippen molar-refractivity contribution in [2.45, 2.75) is 13.5 Å². The molecule has 0 unspecified atom stereocenters. The molecule has 4 heteroatoms. The lowest BCUT2D eigenvalue weighted by molar-refractivity contribution is 0.626. The van der Waals surface area contributed by atoms with Gasteiger partial charge >= 0.3 is 0 Å². The van der Waals surface area contributed by atoms with Crippen molar-refractivity contribution in [1.82, 2.24) is 4.98 Å². The summed E-state index contributed by atoms with van der Waals surface area (Å²) in [6, 6.07) is 10.6. The largest absolute Gasteiger partial charge is 0.373 e. The van der Waals surface area contributed by atoms with Gasteiger partial charge in [-0.1, -0.05) is 12.1 Å². The highest BCUT2D eigenvalue weighted by Gasteiger charge is 2.09. The van der Waals surface area contributed by atoms with Gasteiger partial charge in [0.05, 0.1) is 0 Å². The smallest absolute Gasteiger partial charge is 0.130 e. The molecule has 2 rings (SSSR count). The minimum Gasteiger partial charge on any atom is -0.373 e. The summed E-state index contributed by atoms with van der Waals surface area (Å²) in [5, 5.41) is 3.08. The third kappa shape index (κ3) is 3.22. The minimum atomic E-state index is -0.212. The second kappa shape index (κ2) is 6.18. The number of nitrogens with one attached hydrogen (secondary N) is 1. The van der Waals surface area contributed by atoms with E-state index < -0.39 is 0 Å². The molecule has 0 bridgehead atoms. The van der Waals surface area contributed by atoms with Gasteiger partial charge in [-0.2, -0.15) is 0 Å². The van der Waals surface area contributed by atoms with Gasteiger partial charge in [0.25, 0.3) is 0 Å². The average molecular weight is 259 g/mol. The monoisotopic (exact) mass is 259 g/mol. The highest BCUT2D eigenvalue weighted by Crippen LogP contribution is 2.20. The van der Waals surface area contributed by atoms with Crippen LogP contribution in [0.4, 0.5) is 15.9 Å². The quantitative estimate of drug-likeness (QED) is 0.893. The maximum atomic E-state index is 13.3. The molecule has 0 fully saturated rings. The summed E-state index contributed by atoms with van der Waals surface area (Å²) >= 11 is 0. The standard InChI is InChI=1S/C15H18FN3/c1-3-19(14-8-4-7-13(16)10-14)11-12-6-5-9-18-15(12)17-2/h4-10H,3,11H2,1-2H3,(H,17,18). The van der Waals surface area contributed by atoms with Gasteiger partial charge in [-0.15, -0.1) is 0 Å². The van der Waals surface area contributed by atoms with Crippen molar-refractivity contribution in [3.05, 3.63) is 54.0 Å². The fourth-order valence-electron chi connectivity index (χ4n) is 2.06. The second-order valence-corrected chi connectivity index (χ2v) is 4.26. The minimum absolute atomic E-state index is 0.212. The van der Waals surface area contributed by atoms with Crippen LogP contribution in [-0.4, -0.2) is 18.6 Å². The van der Waals surface area contributed by atoms with Gasteiger partial charge in [0, 0.05) is 37.6 Å². The molecule has 0 amide bonds. The van der Waals surface area contributed by atoms with E-state index >= 15 is 0 Å². The van der Waals surface area contributed by atoms with E-state index in [2.05, 4.69) is 22.1 Å². The topological polar surface area (TPSA) is 28.2 Å². The van der Waals surface area contributed by atoms with Crippen molar-refractivity contribution >= 4 is 11.5 Å². The van der Waals surface area contributed by atoms with Crippen LogP contribution >= 0.6 is 0 Å². The predicted octanol–water partition coefficient (Wildman–Crippen LogP) is 3.29. The van der Waals surface area contributed by atoms with Crippen LogP contribution in [0.25, 0.3) is 0 Å². The number of hydrogen-bond acceptors (Lipinski definition) is 3. The van der Waals surface area contributed by atoms with Gasteiger partial charge in [0.1, 0.15) is 11.6 Å². The summed E-state index contributed by atoms with van der Waals surface area (Å²) in [4.78, 5) is 6.40. The van der Waals surface area contributed by atoms with Crippen molar-refractivity contribution in [2.75, 3.05) is 23.8 Å². The molecule has 1 aromatic carbocycles. The molecule has 1 aromatic heterocycles. The van der Waals surface area contributed by atoms with Crippen LogP contribution in [0.1, 0.15) is 12.5 Å². The summed E-state index contributed by atoms with van der Waals surface area (Å²) in [7, 11) is 1.85. The Bertz CT molecular complexity index is 542. The SMILES string of the molecule is CCN(Cc1cccnc1NC)c1cccc(F)c1. The Morgan fingerprint density at radius 1 is 1.26 bits per heavy atom. The molecule has 1 heterocycles. The van der Waals surface area contributed by atoms with E-state index in [1.54, 1.807) is 18.3 Å². The van der Waals surface area contributed by atoms with Crippen LogP contribution < -0.4 is 10.2 Å². The first kappa shape index (κ1) is 13.3. The molecule has 100 valence electrons. The Kier molecular flexibility index (Phi) is 4.34. The molecule has 0 atom stereocenters. The van der Waals surface area contributed by atoms with Crippen molar-refractivity contribution in [2.24, 2.45) is 0 Å². The number of aromatic nitrogens is 1. The van der Waals surface area contributed by atoms with Crippen molar-refractivity contribution in [3.63, 3.8) is 0 Å². The van der Waals surface area contributed by atoms with Crippen LogP contribution in [-0.2, 0) is 6.54 Å². The number of halogens is 1. The fourth-order valence-corrected chi connectivity index (χ4v) is 2.06. The Hall–Kier alpha value is -2.10. The molecule has 0 aliphatic heterocycles. The lowest BCUT2D eigenvalue weighted by atomic mass is 10.2. The Balaban J connectivity index is 2.24. The molecule has 3 nitrogen and oxygen atoms in total. The molecular formula is C15H18FN3. The number of rotatable bonds is 5. The third-order valence-corrected chi connectivity index (χ3v) is 3.04. The van der Waals surface area contributed by atoms with E-state index in [4.69, 9.17) is 0 Å². The van der Waals surface area contributed by atoms with Gasteiger partial charge in [-0.05, 0) is 31.2 Å². The van der Waals surface area contributed by atoms with Gasteiger partial charge in [0.2, 0.25) is 0 Å². The summed E-state index contributed by atoms with van der Waals surface area (Å²) in [6.07, 6.45) is 1.76. The molecule has 0 radical (unpaired) electrons. The Morgan fingerprint density at radius 3 is 2.79 bits per heavy atom. The lowest BCUT2D eigenvalue weighted by Gasteiger charge is -2.24. The summed E-state index contributed by atoms with van der Waals surface area (Å²) in [6.45, 7) is 3.56. The molecule has 2 aromatic rings. The van der Waals surface area contributed by atoms with Crippen LogP contribution in [0.3, 0.4) is 0 Å². The molecule has 0 saturated carbocycles. The zero-order chi connectivity index (χ0) is 13.7. The summed E-state index contributed by atoms with van der Waals surface area (Å²) in [5.74, 6) is 0.647. The highest BCUT2D eigenvalue weighted by atomic mass is 19.1. The van der Waals surface area contributed by atoms with Gasteiger partial charge in [0.15, 0.2) is 0 Å². The third-order valence-electron chi connectivity index (χ3n) is 3.04. The van der Waals surface area contributed by atoms with Crippen molar-refractivity contribution < 1.29 is 4.39 Å². The summed E-state index contributed by atoms with van der Waals surface area (Å²) in [5.41, 5.74) is 1.98. The van der Waals surface area contributed by atoms with E-state index in [9.17, 15) is 4.39 Å². The van der Waals surface area contributed by atoms with Crippen LogP contribution in [0.15, 0.2) is 42.6 Å². The molecule has 1 N–H and O–H groups in total. The first-order chi connectivity index (χ1) is 9.24. The number of hydrogen-bond donors (Lipinski definition) is 1. The van der Waals surface area contributed by atoms with E-state index in [0.717, 1.165) is 23.6 Å². The van der Waals surface area contributed by atoms with Gasteiger partial charge in [-0.25, -0.2) is 9.37 Å². The number of anilines is 2. The molecule has 0 aliphatic rings. The van der Waals surface area contributed by atoms with E-state index in [-0.39, 0.29) is 5.82 Å².